The molecular formula is C22H28N2O2S. The Hall–Kier alpha value is -2.14. The average molecular weight is 385 g/mol. The highest BCUT2D eigenvalue weighted by molar-refractivity contribution is 8.12. The second kappa shape index (κ2) is 10.3. The van der Waals surface area contributed by atoms with Crippen LogP contribution in [0.5, 0.6) is 11.5 Å². The second-order valence-electron chi connectivity index (χ2n) is 6.73. The molecule has 1 N–H and O–H groups in total. The molecule has 144 valence electrons. The van der Waals surface area contributed by atoms with Crippen LogP contribution in [0.15, 0.2) is 53.6 Å². The lowest BCUT2D eigenvalue weighted by Gasteiger charge is -2.25. The molecule has 0 amide bonds. The number of hydrogen-bond acceptors (Lipinski definition) is 5. The zero-order valence-electron chi connectivity index (χ0n) is 15.9. The van der Waals surface area contributed by atoms with Crippen LogP contribution in [0.25, 0.3) is 0 Å². The lowest BCUT2D eigenvalue weighted by molar-refractivity contribution is 0.304. The van der Waals surface area contributed by atoms with Gasteiger partial charge < -0.3 is 9.84 Å². The number of hydrogen-bond donors (Lipinski definition) is 1. The van der Waals surface area contributed by atoms with Crippen LogP contribution in [0.4, 0.5) is 5.69 Å². The van der Waals surface area contributed by atoms with Crippen molar-refractivity contribution in [2.45, 2.75) is 50.8 Å². The van der Waals surface area contributed by atoms with Gasteiger partial charge in [-0.15, -0.1) is 0 Å². The second-order valence-corrected chi connectivity index (χ2v) is 7.66. The van der Waals surface area contributed by atoms with Crippen molar-refractivity contribution in [1.29, 1.82) is 0 Å². The van der Waals surface area contributed by atoms with Crippen LogP contribution >= 0.6 is 11.8 Å². The number of benzene rings is 2. The number of anilines is 1. The van der Waals surface area contributed by atoms with E-state index < -0.39 is 0 Å². The highest BCUT2D eigenvalue weighted by atomic mass is 32.2. The number of ether oxygens (including phenoxy) is 1. The van der Waals surface area contributed by atoms with Gasteiger partial charge in [-0.25, -0.2) is 5.01 Å². The molecule has 0 fully saturated rings. The molecule has 0 radical (unpaired) electrons. The van der Waals surface area contributed by atoms with Crippen molar-refractivity contribution >= 4 is 23.0 Å². The number of aromatic hydroxyl groups is 1. The number of nitrogens with zero attached hydrogens (tertiary/aromatic N) is 2. The maximum absolute atomic E-state index is 9.54. The van der Waals surface area contributed by atoms with Gasteiger partial charge in [-0.2, -0.15) is 5.10 Å². The first kappa shape index (κ1) is 19.6. The van der Waals surface area contributed by atoms with Crippen molar-refractivity contribution in [1.82, 2.24) is 0 Å². The van der Waals surface area contributed by atoms with E-state index in [1.807, 2.05) is 47.0 Å². The summed E-state index contributed by atoms with van der Waals surface area (Å²) in [5, 5.41) is 16.1. The zero-order chi connectivity index (χ0) is 18.9. The largest absolute Gasteiger partial charge is 0.508 e. The summed E-state index contributed by atoms with van der Waals surface area (Å²) in [4.78, 5) is 0. The fraction of sp³-hybridized carbons (Fsp3) is 0.409. The van der Waals surface area contributed by atoms with Crippen molar-refractivity contribution in [3.05, 3.63) is 54.1 Å². The summed E-state index contributed by atoms with van der Waals surface area (Å²) in [7, 11) is 0. The molecule has 27 heavy (non-hydrogen) atoms. The molecule has 0 aliphatic carbocycles. The molecule has 0 saturated heterocycles. The van der Waals surface area contributed by atoms with Gasteiger partial charge in [-0.3, -0.25) is 0 Å². The van der Waals surface area contributed by atoms with Gasteiger partial charge in [0.2, 0.25) is 0 Å². The summed E-state index contributed by atoms with van der Waals surface area (Å²) >= 11 is 1.65. The number of para-hydroxylation sites is 2. The van der Waals surface area contributed by atoms with Gasteiger partial charge in [-0.05, 0) is 36.2 Å². The molecule has 0 bridgehead atoms. The molecule has 1 heterocycles. The molecule has 0 aromatic heterocycles. The summed E-state index contributed by atoms with van der Waals surface area (Å²) in [5.74, 6) is 1.14. The molecule has 0 spiro atoms. The SMILES string of the molecule is CCCCCCCCOc1ccccc1N1N=CSC1c1ccc(O)cc1. The highest BCUT2D eigenvalue weighted by Crippen LogP contribution is 2.43. The minimum atomic E-state index is 0.0457. The van der Waals surface area contributed by atoms with E-state index in [0.717, 1.165) is 30.0 Å². The standard InChI is InChI=1S/C22H28N2O2S/c1-2-3-4-5-6-9-16-26-21-11-8-7-10-20(21)24-22(27-17-23-24)18-12-14-19(25)15-13-18/h7-8,10-15,17,22,25H,2-6,9,16H2,1H3. The summed E-state index contributed by atoms with van der Waals surface area (Å²) in [6, 6.07) is 15.4. The van der Waals surface area contributed by atoms with Gasteiger partial charge in [-0.1, -0.05) is 75.1 Å². The van der Waals surface area contributed by atoms with E-state index in [2.05, 4.69) is 12.0 Å². The predicted octanol–water partition coefficient (Wildman–Crippen LogP) is 6.33. The van der Waals surface area contributed by atoms with E-state index in [4.69, 9.17) is 4.74 Å². The molecule has 1 atom stereocenters. The van der Waals surface area contributed by atoms with Crippen LogP contribution in [0.3, 0.4) is 0 Å². The summed E-state index contributed by atoms with van der Waals surface area (Å²) in [6.45, 7) is 2.97. The van der Waals surface area contributed by atoms with Gasteiger partial charge in [0.1, 0.15) is 22.6 Å². The first-order chi connectivity index (χ1) is 13.3. The van der Waals surface area contributed by atoms with Crippen molar-refractivity contribution in [3.63, 3.8) is 0 Å². The van der Waals surface area contributed by atoms with Crippen molar-refractivity contribution in [2.75, 3.05) is 11.6 Å². The Bertz CT molecular complexity index is 733. The number of unbranched alkanes of at least 4 members (excludes halogenated alkanes) is 5. The fourth-order valence-corrected chi connectivity index (χ4v) is 4.00. The van der Waals surface area contributed by atoms with E-state index >= 15 is 0 Å². The maximum atomic E-state index is 9.54. The predicted molar refractivity (Wildman–Crippen MR) is 115 cm³/mol. The Labute approximate surface area is 166 Å². The topological polar surface area (TPSA) is 45.1 Å². The molecule has 1 unspecified atom stereocenters. The van der Waals surface area contributed by atoms with Crippen LogP contribution in [0.2, 0.25) is 0 Å². The molecule has 5 heteroatoms. The van der Waals surface area contributed by atoms with Crippen LogP contribution in [0, 0.1) is 0 Å². The molecular weight excluding hydrogens is 356 g/mol. The molecule has 0 saturated carbocycles. The molecule has 1 aliphatic heterocycles. The van der Waals surface area contributed by atoms with E-state index in [1.54, 1.807) is 23.9 Å². The first-order valence-electron chi connectivity index (χ1n) is 9.77. The quantitative estimate of drug-likeness (QED) is 0.486. The van der Waals surface area contributed by atoms with E-state index in [1.165, 1.54) is 32.1 Å². The monoisotopic (exact) mass is 384 g/mol. The molecule has 1 aliphatic rings. The third-order valence-electron chi connectivity index (χ3n) is 4.63. The fourth-order valence-electron chi connectivity index (χ4n) is 3.13. The smallest absolute Gasteiger partial charge is 0.144 e. The third-order valence-corrected chi connectivity index (χ3v) is 5.57. The van der Waals surface area contributed by atoms with Crippen molar-refractivity contribution in [2.24, 2.45) is 5.10 Å². The maximum Gasteiger partial charge on any atom is 0.144 e. The normalized spacial score (nSPS) is 16.0. The lowest BCUT2D eigenvalue weighted by atomic mass is 10.1. The Balaban J connectivity index is 1.62. The summed E-state index contributed by atoms with van der Waals surface area (Å²) in [6.07, 6.45) is 7.51. The number of phenolic OH excluding ortho intramolecular Hbond substituents is 1. The highest BCUT2D eigenvalue weighted by Gasteiger charge is 2.27. The van der Waals surface area contributed by atoms with Crippen LogP contribution in [0.1, 0.15) is 56.4 Å². The van der Waals surface area contributed by atoms with Gasteiger partial charge in [0.05, 0.1) is 12.2 Å². The van der Waals surface area contributed by atoms with Gasteiger partial charge in [0.25, 0.3) is 0 Å². The van der Waals surface area contributed by atoms with Crippen LogP contribution in [-0.4, -0.2) is 17.3 Å². The van der Waals surface area contributed by atoms with Gasteiger partial charge in [0, 0.05) is 0 Å². The molecule has 2 aromatic carbocycles. The van der Waals surface area contributed by atoms with E-state index in [0.29, 0.717) is 0 Å². The van der Waals surface area contributed by atoms with Gasteiger partial charge >= 0.3 is 0 Å². The Kier molecular flexibility index (Phi) is 7.45. The Morgan fingerprint density at radius 3 is 2.56 bits per heavy atom. The summed E-state index contributed by atoms with van der Waals surface area (Å²) < 4.78 is 6.09. The minimum absolute atomic E-state index is 0.0457. The van der Waals surface area contributed by atoms with E-state index in [9.17, 15) is 5.11 Å². The lowest BCUT2D eigenvalue weighted by Crippen LogP contribution is -2.17. The summed E-state index contributed by atoms with van der Waals surface area (Å²) in [5.41, 5.74) is 3.94. The van der Waals surface area contributed by atoms with Crippen molar-refractivity contribution in [3.8, 4) is 11.5 Å². The van der Waals surface area contributed by atoms with Crippen LogP contribution < -0.4 is 9.75 Å². The molecule has 4 nitrogen and oxygen atoms in total. The Morgan fingerprint density at radius 2 is 1.74 bits per heavy atom. The minimum Gasteiger partial charge on any atom is -0.508 e. The average Bonchev–Trinajstić information content (AvgIpc) is 3.18. The van der Waals surface area contributed by atoms with E-state index in [-0.39, 0.29) is 11.1 Å². The number of hydrazone groups is 1. The first-order valence-corrected chi connectivity index (χ1v) is 10.7. The Morgan fingerprint density at radius 1 is 1.00 bits per heavy atom. The van der Waals surface area contributed by atoms with Gasteiger partial charge in [0.15, 0.2) is 0 Å². The molecule has 3 rings (SSSR count). The number of thioether (sulfide) groups is 1. The molecule has 2 aromatic rings. The number of rotatable bonds is 10. The van der Waals surface area contributed by atoms with Crippen LogP contribution in [-0.2, 0) is 0 Å². The number of phenols is 1. The third kappa shape index (κ3) is 5.42. The van der Waals surface area contributed by atoms with Crippen molar-refractivity contribution < 1.29 is 9.84 Å². The zero-order valence-corrected chi connectivity index (χ0v) is 16.7.